The Kier molecular flexibility index (Phi) is 27.0. The van der Waals surface area contributed by atoms with Gasteiger partial charge in [0.25, 0.3) is 0 Å². The second-order valence-corrected chi connectivity index (χ2v) is 26.2. The van der Waals surface area contributed by atoms with E-state index < -0.39 is 150 Å². The lowest BCUT2D eigenvalue weighted by Crippen LogP contribution is -2.65. The van der Waals surface area contributed by atoms with Crippen LogP contribution < -0.4 is 19.7 Å². The first kappa shape index (κ1) is 72.7. The number of hydrogen-bond acceptors (Lipinski definition) is 25. The minimum Gasteiger partial charge on any atom is -0.492 e. The number of aliphatic hydroxyl groups excluding tert-OH is 6. The molecular weight excluding hydrogens is 1330 g/mol. The number of ketones is 1. The lowest BCUT2D eigenvalue weighted by Gasteiger charge is -2.51. The van der Waals surface area contributed by atoms with E-state index in [0.717, 1.165) is 20.6 Å². The number of Topliss-reactive ketones (excluding diaryl/α,β-unsaturated/α-hetero) is 1. The Morgan fingerprint density at radius 1 is 0.897 bits per heavy atom. The van der Waals surface area contributed by atoms with E-state index in [9.17, 15) is 54.9 Å². The van der Waals surface area contributed by atoms with Crippen LogP contribution in [0.4, 0.5) is 0 Å². The number of amides is 1. The van der Waals surface area contributed by atoms with Gasteiger partial charge < -0.3 is 83.3 Å². The van der Waals surface area contributed by atoms with E-state index >= 15 is 0 Å². The van der Waals surface area contributed by atoms with Crippen LogP contribution in [0.15, 0.2) is 22.8 Å². The van der Waals surface area contributed by atoms with Gasteiger partial charge in [-0.1, -0.05) is 48.4 Å². The molecule has 1 amide bonds. The maximum Gasteiger partial charge on any atom is 0.310 e. The Hall–Kier alpha value is -3.32. The first-order chi connectivity index (χ1) is 41.3. The molecule has 8 N–H and O–H groups in total. The van der Waals surface area contributed by atoms with E-state index in [-0.39, 0.29) is 84.3 Å². The zero-order chi connectivity index (χ0) is 64.4. The van der Waals surface area contributed by atoms with Gasteiger partial charge in [0.05, 0.1) is 122 Å². The van der Waals surface area contributed by atoms with Crippen LogP contribution in [0, 0.1) is 51.9 Å². The molecule has 4 aliphatic heterocycles. The fraction of sp³-hybridized carbons (Fsp3) is 0.695. The minimum absolute atomic E-state index is 0.00256. The van der Waals surface area contributed by atoms with Gasteiger partial charge in [0, 0.05) is 93.6 Å². The number of carbonyl (C=O) groups is 4. The molecule has 4 fully saturated rings. The number of aliphatic hydroxyl groups is 7. The SMILES string of the molecule is CC/C=C1\C2=C(CC(=O)OC)C(=O)C[C@]1(O)C#CCCC#C[C@]2(C)OC1OC(C)C(NOC2CC(O)C(SC(=O)c3c(C)c(I)c(OC4OC(C)C(O)C(CO)C4O)c(OC)c3OC)C(C)O2)C(O)C1C1CC(CO)C(N(CC)C(C)=O)CO1.S=S=S. The standard InChI is InChI=1S/C59H81IN2O21S.S3/c1-12-18-36-45-34(22-41(68)74-9)39(67)24-59(36,73)20-17-15-14-16-19-58(45,8)82-56-44(40-21-33(25-63)37(27-77-40)62(13-2)32(7)65)50(71)47(29(4)79-56)61-83-42-23-38(66)54(31(6)78-42)84-55(72)43-28(3)46(60)52(53(76-11)51(43)75-10)81-57-49(70)35(26-64)48(69)30(5)80-57;1-3-2/h18,29-31,33,35,37-38,40,42,44,47-50,54,56-57,61,63-64,66,69-71,73H,12-15,21-27H2,1-11H3;/b36-18+;/t29?,30?,31?,33?,35?,37?,38?,40?,42?,44?,47?,48?,49?,50?,54?,56?,57?,58-,59+;/m0./s1. The van der Waals surface area contributed by atoms with Gasteiger partial charge in [0.15, 0.2) is 41.1 Å². The average Bonchev–Trinajstić information content (AvgIpc) is 0.972. The molecule has 0 spiro atoms. The molecule has 0 aromatic heterocycles. The Morgan fingerprint density at radius 2 is 1.55 bits per heavy atom. The normalized spacial score (nSPS) is 35.5. The Bertz CT molecular complexity index is 2880. The summed E-state index contributed by atoms with van der Waals surface area (Å²) in [7, 11) is 4.80. The molecule has 4 heterocycles. The molecule has 0 saturated carbocycles. The van der Waals surface area contributed by atoms with Crippen molar-refractivity contribution in [3.05, 3.63) is 37.5 Å². The number of likely N-dealkylation sites (N-methyl/N-ethyl adjacent to an activating group) is 1. The van der Waals surface area contributed by atoms with E-state index in [1.54, 1.807) is 45.6 Å². The zero-order valence-electron chi connectivity index (χ0n) is 50.5. The number of hydroxylamine groups is 1. The molecule has 2 aliphatic carbocycles. The molecule has 484 valence electrons. The van der Waals surface area contributed by atoms with Crippen molar-refractivity contribution in [2.75, 3.05) is 47.7 Å². The summed E-state index contributed by atoms with van der Waals surface area (Å²) in [6.45, 7) is 12.7. The molecule has 4 saturated heterocycles. The van der Waals surface area contributed by atoms with Crippen LogP contribution in [-0.2, 0) is 78.9 Å². The third-order valence-corrected chi connectivity index (χ3v) is 19.3. The number of thioether (sulfide) groups is 1. The molecule has 23 nitrogen and oxygen atoms in total. The van der Waals surface area contributed by atoms with E-state index in [4.69, 9.17) is 47.5 Å². The molecule has 87 heavy (non-hydrogen) atoms. The summed E-state index contributed by atoms with van der Waals surface area (Å²) in [5, 5.41) is 77.8. The lowest BCUT2D eigenvalue weighted by molar-refractivity contribution is -0.314. The smallest absolute Gasteiger partial charge is 0.310 e. The summed E-state index contributed by atoms with van der Waals surface area (Å²) < 4.78 is 55.6. The van der Waals surface area contributed by atoms with Gasteiger partial charge in [-0.25, -0.2) is 0 Å². The number of ether oxygens (including phenoxy) is 9. The first-order valence-corrected chi connectivity index (χ1v) is 33.3. The van der Waals surface area contributed by atoms with Crippen LogP contribution in [0.3, 0.4) is 0 Å². The van der Waals surface area contributed by atoms with Crippen LogP contribution in [0.1, 0.15) is 109 Å². The summed E-state index contributed by atoms with van der Waals surface area (Å²) in [6.07, 6.45) is -11.0. The third-order valence-electron chi connectivity index (χ3n) is 16.7. The number of fused-ring (bicyclic) bond motifs is 2. The minimum atomic E-state index is -1.98. The molecule has 1 aromatic carbocycles. The number of hydrogen-bond donors (Lipinski definition) is 8. The van der Waals surface area contributed by atoms with Crippen molar-refractivity contribution in [3.63, 3.8) is 0 Å². The third kappa shape index (κ3) is 16.1. The monoisotopic (exact) mass is 1410 g/mol. The van der Waals surface area contributed by atoms with Crippen LogP contribution in [0.5, 0.6) is 17.2 Å². The highest BCUT2D eigenvalue weighted by Gasteiger charge is 2.56. The molecule has 7 rings (SSSR count). The Balaban J connectivity index is 0.00000395. The van der Waals surface area contributed by atoms with Crippen molar-refractivity contribution in [3.8, 4) is 40.9 Å². The second kappa shape index (κ2) is 32.3. The van der Waals surface area contributed by atoms with Crippen LogP contribution in [0.25, 0.3) is 0 Å². The topological polar surface area (TPSA) is 317 Å². The number of carbonyl (C=O) groups excluding carboxylic acids is 4. The molecular formula is C59H81IN2O21S4. The number of rotatable bonds is 19. The summed E-state index contributed by atoms with van der Waals surface area (Å²) in [6, 6.07) is -1.58. The number of methoxy groups -OCH3 is 3. The summed E-state index contributed by atoms with van der Waals surface area (Å²) in [4.78, 5) is 62.3. The summed E-state index contributed by atoms with van der Waals surface area (Å²) in [5.41, 5.74) is -0.000621. The summed E-state index contributed by atoms with van der Waals surface area (Å²) >= 11 is 11.0. The van der Waals surface area contributed by atoms with Gasteiger partial charge >= 0.3 is 5.97 Å². The zero-order valence-corrected chi connectivity index (χ0v) is 55.9. The van der Waals surface area contributed by atoms with E-state index in [1.807, 2.05) is 36.4 Å². The average molecular weight is 1410 g/mol. The van der Waals surface area contributed by atoms with Crippen molar-refractivity contribution in [2.24, 2.45) is 17.8 Å². The number of nitrogens with one attached hydrogen (secondary N) is 1. The Morgan fingerprint density at radius 3 is 2.14 bits per heavy atom. The molecule has 19 atom stereocenters. The lowest BCUT2D eigenvalue weighted by atomic mass is 9.69. The van der Waals surface area contributed by atoms with Crippen molar-refractivity contribution < 1.29 is 102 Å². The number of benzene rings is 1. The van der Waals surface area contributed by atoms with Gasteiger partial charge in [-0.3, -0.25) is 24.0 Å². The number of esters is 1. The quantitative estimate of drug-likeness (QED) is 0.0427. The first-order valence-electron chi connectivity index (χ1n) is 28.7. The van der Waals surface area contributed by atoms with Gasteiger partial charge in [0.1, 0.15) is 6.10 Å². The van der Waals surface area contributed by atoms with Gasteiger partial charge in [-0.2, -0.15) is 5.48 Å². The summed E-state index contributed by atoms with van der Waals surface area (Å²) in [5.74, 6) is 8.15. The molecule has 1 aromatic rings. The second-order valence-electron chi connectivity index (χ2n) is 22.2. The van der Waals surface area contributed by atoms with Gasteiger partial charge in [0.2, 0.25) is 23.1 Å². The predicted octanol–water partition coefficient (Wildman–Crippen LogP) is 2.52. The van der Waals surface area contributed by atoms with Crippen molar-refractivity contribution >= 4 is 88.4 Å². The molecule has 0 radical (unpaired) electrons. The molecule has 2 bridgehead atoms. The van der Waals surface area contributed by atoms with Gasteiger partial charge in [-0.15, -0.1) is 0 Å². The highest BCUT2D eigenvalue weighted by Crippen LogP contribution is 2.50. The van der Waals surface area contributed by atoms with E-state index in [0.29, 0.717) is 22.1 Å². The number of allylic oxidation sites excluding steroid dienone is 1. The Labute approximate surface area is 538 Å². The fourth-order valence-electron chi connectivity index (χ4n) is 12.2. The largest absolute Gasteiger partial charge is 0.492 e. The maximum absolute atomic E-state index is 14.4. The highest BCUT2D eigenvalue weighted by atomic mass is 127. The fourth-order valence-corrected chi connectivity index (χ4v) is 14.0. The number of nitrogens with zero attached hydrogens (tertiary/aromatic N) is 1. The number of halogens is 1. The van der Waals surface area contributed by atoms with Crippen molar-refractivity contribution in [2.45, 2.75) is 197 Å². The van der Waals surface area contributed by atoms with Crippen molar-refractivity contribution in [1.82, 2.24) is 10.4 Å². The molecule has 6 aliphatic rings. The predicted molar refractivity (Wildman–Crippen MR) is 332 cm³/mol. The van der Waals surface area contributed by atoms with Crippen LogP contribution in [-0.4, -0.2) is 207 Å². The molecule has 17 unspecified atom stereocenters. The van der Waals surface area contributed by atoms with Crippen LogP contribution >= 0.6 is 34.4 Å². The van der Waals surface area contributed by atoms with Crippen LogP contribution in [0.2, 0.25) is 0 Å². The van der Waals surface area contributed by atoms with E-state index in [1.165, 1.54) is 28.3 Å². The maximum atomic E-state index is 14.4. The molecule has 28 heteroatoms. The van der Waals surface area contributed by atoms with E-state index in [2.05, 4.69) is 51.5 Å². The van der Waals surface area contributed by atoms with Crippen molar-refractivity contribution in [1.29, 1.82) is 0 Å². The van der Waals surface area contributed by atoms with Gasteiger partial charge in [-0.05, 0) is 88.1 Å². The highest BCUT2D eigenvalue weighted by molar-refractivity contribution is 14.1.